The fourth-order valence-electron chi connectivity index (χ4n) is 1.58. The normalized spacial score (nSPS) is 15.9. The number of ether oxygens (including phenoxy) is 2. The topological polar surface area (TPSA) is 38.7 Å². The van der Waals surface area contributed by atoms with E-state index in [4.69, 9.17) is 14.6 Å². The first-order valence-corrected chi connectivity index (χ1v) is 5.28. The van der Waals surface area contributed by atoms with Gasteiger partial charge >= 0.3 is 0 Å². The average molecular weight is 208 g/mol. The van der Waals surface area contributed by atoms with Gasteiger partial charge in [-0.25, -0.2) is 0 Å². The fraction of sp³-hybridized carbons (Fsp3) is 0.500. The Morgan fingerprint density at radius 1 is 1.33 bits per heavy atom. The zero-order chi connectivity index (χ0) is 10.7. The van der Waals surface area contributed by atoms with Crippen LogP contribution in [-0.2, 0) is 6.61 Å². The Bertz CT molecular complexity index is 332. The average Bonchev–Trinajstić information content (AvgIpc) is 2.23. The van der Waals surface area contributed by atoms with Gasteiger partial charge in [0.2, 0.25) is 0 Å². The van der Waals surface area contributed by atoms with E-state index in [0.717, 1.165) is 24.2 Å². The van der Waals surface area contributed by atoms with Crippen LogP contribution < -0.4 is 9.47 Å². The lowest BCUT2D eigenvalue weighted by molar-refractivity contribution is 0.116. The maximum atomic E-state index is 8.99. The van der Waals surface area contributed by atoms with E-state index in [-0.39, 0.29) is 6.61 Å². The maximum absolute atomic E-state index is 8.99. The summed E-state index contributed by atoms with van der Waals surface area (Å²) < 4.78 is 11.0. The van der Waals surface area contributed by atoms with Crippen LogP contribution in [0.4, 0.5) is 0 Å². The van der Waals surface area contributed by atoms with Crippen molar-refractivity contribution in [3.8, 4) is 11.5 Å². The Labute approximate surface area is 89.6 Å². The van der Waals surface area contributed by atoms with Crippen molar-refractivity contribution < 1.29 is 14.6 Å². The minimum atomic E-state index is 0.0278. The minimum Gasteiger partial charge on any atom is -0.493 e. The summed E-state index contributed by atoms with van der Waals surface area (Å²) in [5.41, 5.74) is 0.841. The van der Waals surface area contributed by atoms with Gasteiger partial charge in [0, 0.05) is 0 Å². The Balaban J connectivity index is 2.13. The van der Waals surface area contributed by atoms with Gasteiger partial charge < -0.3 is 14.6 Å². The van der Waals surface area contributed by atoms with Crippen LogP contribution in [-0.4, -0.2) is 18.3 Å². The standard InChI is InChI=1S/C12H16O3/c1-14-12-7-9(8-13)5-6-11(12)15-10-3-2-4-10/h5-7,10,13H,2-4,8H2,1H3. The molecule has 15 heavy (non-hydrogen) atoms. The number of aliphatic hydroxyl groups excluding tert-OH is 1. The second-order valence-corrected chi connectivity index (χ2v) is 3.81. The van der Waals surface area contributed by atoms with Crippen molar-refractivity contribution in [2.75, 3.05) is 7.11 Å². The number of hydrogen-bond acceptors (Lipinski definition) is 3. The molecule has 0 spiro atoms. The van der Waals surface area contributed by atoms with Crippen LogP contribution in [0.15, 0.2) is 18.2 Å². The lowest BCUT2D eigenvalue weighted by atomic mass is 9.96. The molecule has 0 heterocycles. The summed E-state index contributed by atoms with van der Waals surface area (Å²) in [6.45, 7) is 0.0278. The molecule has 1 aromatic rings. The molecule has 1 saturated carbocycles. The van der Waals surface area contributed by atoms with E-state index in [1.54, 1.807) is 7.11 Å². The van der Waals surface area contributed by atoms with E-state index in [2.05, 4.69) is 0 Å². The molecule has 0 amide bonds. The maximum Gasteiger partial charge on any atom is 0.161 e. The first-order valence-electron chi connectivity index (χ1n) is 5.28. The molecule has 1 aliphatic carbocycles. The highest BCUT2D eigenvalue weighted by Gasteiger charge is 2.20. The predicted molar refractivity (Wildman–Crippen MR) is 57.2 cm³/mol. The smallest absolute Gasteiger partial charge is 0.161 e. The van der Waals surface area contributed by atoms with Crippen molar-refractivity contribution in [3.63, 3.8) is 0 Å². The van der Waals surface area contributed by atoms with Crippen LogP contribution in [0.2, 0.25) is 0 Å². The van der Waals surface area contributed by atoms with Crippen LogP contribution in [0.25, 0.3) is 0 Å². The highest BCUT2D eigenvalue weighted by atomic mass is 16.5. The molecule has 1 aromatic carbocycles. The molecule has 0 aliphatic heterocycles. The van der Waals surface area contributed by atoms with Crippen LogP contribution in [0.5, 0.6) is 11.5 Å². The summed E-state index contributed by atoms with van der Waals surface area (Å²) in [5.74, 6) is 1.48. The Kier molecular flexibility index (Phi) is 3.11. The lowest BCUT2D eigenvalue weighted by Gasteiger charge is -2.27. The van der Waals surface area contributed by atoms with E-state index >= 15 is 0 Å². The molecule has 0 unspecified atom stereocenters. The van der Waals surface area contributed by atoms with Crippen LogP contribution in [0.1, 0.15) is 24.8 Å². The molecule has 0 saturated heterocycles. The number of aliphatic hydroxyl groups is 1. The van der Waals surface area contributed by atoms with Gasteiger partial charge in [0.05, 0.1) is 19.8 Å². The molecule has 2 rings (SSSR count). The quantitative estimate of drug-likeness (QED) is 0.823. The van der Waals surface area contributed by atoms with Crippen molar-refractivity contribution in [2.45, 2.75) is 32.0 Å². The fourth-order valence-corrected chi connectivity index (χ4v) is 1.58. The third kappa shape index (κ3) is 2.23. The summed E-state index contributed by atoms with van der Waals surface area (Å²) in [5, 5.41) is 8.99. The molecule has 0 atom stereocenters. The Hall–Kier alpha value is -1.22. The van der Waals surface area contributed by atoms with Gasteiger partial charge in [0.1, 0.15) is 0 Å². The van der Waals surface area contributed by atoms with Gasteiger partial charge in [-0.3, -0.25) is 0 Å². The molecule has 0 aromatic heterocycles. The SMILES string of the molecule is COc1cc(CO)ccc1OC1CCC1. The third-order valence-corrected chi connectivity index (χ3v) is 2.76. The second kappa shape index (κ2) is 4.53. The first kappa shape index (κ1) is 10.3. The van der Waals surface area contributed by atoms with Gasteiger partial charge in [0.25, 0.3) is 0 Å². The molecule has 1 fully saturated rings. The molecule has 1 N–H and O–H groups in total. The molecule has 0 bridgehead atoms. The predicted octanol–water partition coefficient (Wildman–Crippen LogP) is 2.12. The number of benzene rings is 1. The van der Waals surface area contributed by atoms with Gasteiger partial charge in [-0.2, -0.15) is 0 Å². The Morgan fingerprint density at radius 3 is 2.67 bits per heavy atom. The van der Waals surface area contributed by atoms with Crippen molar-refractivity contribution in [3.05, 3.63) is 23.8 Å². The summed E-state index contributed by atoms with van der Waals surface area (Å²) in [7, 11) is 1.62. The molecule has 1 aliphatic rings. The molecule has 82 valence electrons. The number of methoxy groups -OCH3 is 1. The zero-order valence-corrected chi connectivity index (χ0v) is 8.90. The highest BCUT2D eigenvalue weighted by molar-refractivity contribution is 5.43. The number of rotatable bonds is 4. The number of hydrogen-bond donors (Lipinski definition) is 1. The lowest BCUT2D eigenvalue weighted by Crippen LogP contribution is -2.24. The molecular formula is C12H16O3. The van der Waals surface area contributed by atoms with Crippen LogP contribution >= 0.6 is 0 Å². The van der Waals surface area contributed by atoms with Crippen molar-refractivity contribution >= 4 is 0 Å². The second-order valence-electron chi connectivity index (χ2n) is 3.81. The zero-order valence-electron chi connectivity index (χ0n) is 8.90. The third-order valence-electron chi connectivity index (χ3n) is 2.76. The highest BCUT2D eigenvalue weighted by Crippen LogP contribution is 2.32. The molecular weight excluding hydrogens is 192 g/mol. The molecule has 0 radical (unpaired) electrons. The van der Waals surface area contributed by atoms with Gasteiger partial charge in [-0.05, 0) is 37.0 Å². The van der Waals surface area contributed by atoms with Gasteiger partial charge in [0.15, 0.2) is 11.5 Å². The summed E-state index contributed by atoms with van der Waals surface area (Å²) in [6.07, 6.45) is 3.86. The molecule has 3 nitrogen and oxygen atoms in total. The molecule has 3 heteroatoms. The minimum absolute atomic E-state index is 0.0278. The van der Waals surface area contributed by atoms with E-state index in [9.17, 15) is 0 Å². The van der Waals surface area contributed by atoms with Crippen LogP contribution in [0, 0.1) is 0 Å². The monoisotopic (exact) mass is 208 g/mol. The summed E-state index contributed by atoms with van der Waals surface area (Å²) in [4.78, 5) is 0. The van der Waals surface area contributed by atoms with E-state index in [1.807, 2.05) is 18.2 Å². The van der Waals surface area contributed by atoms with E-state index in [0.29, 0.717) is 11.9 Å². The van der Waals surface area contributed by atoms with Crippen molar-refractivity contribution in [1.82, 2.24) is 0 Å². The van der Waals surface area contributed by atoms with Crippen molar-refractivity contribution in [2.24, 2.45) is 0 Å². The van der Waals surface area contributed by atoms with E-state index in [1.165, 1.54) is 6.42 Å². The largest absolute Gasteiger partial charge is 0.493 e. The van der Waals surface area contributed by atoms with E-state index < -0.39 is 0 Å². The Morgan fingerprint density at radius 2 is 2.13 bits per heavy atom. The van der Waals surface area contributed by atoms with Gasteiger partial charge in [-0.1, -0.05) is 6.07 Å². The van der Waals surface area contributed by atoms with Crippen molar-refractivity contribution in [1.29, 1.82) is 0 Å². The summed E-state index contributed by atoms with van der Waals surface area (Å²) in [6, 6.07) is 5.53. The summed E-state index contributed by atoms with van der Waals surface area (Å²) >= 11 is 0. The van der Waals surface area contributed by atoms with Gasteiger partial charge in [-0.15, -0.1) is 0 Å². The first-order chi connectivity index (χ1) is 7.33. The van der Waals surface area contributed by atoms with Crippen LogP contribution in [0.3, 0.4) is 0 Å².